The van der Waals surface area contributed by atoms with Gasteiger partial charge in [0.2, 0.25) is 5.78 Å². The lowest BCUT2D eigenvalue weighted by Crippen LogP contribution is -2.65. The summed E-state index contributed by atoms with van der Waals surface area (Å²) < 4.78 is 5.80. The van der Waals surface area contributed by atoms with E-state index >= 15 is 0 Å². The zero-order valence-electron chi connectivity index (χ0n) is 24.9. The fraction of sp³-hybridized carbons (Fsp3) is 0.548. The highest BCUT2D eigenvalue weighted by molar-refractivity contribution is 6.24. The van der Waals surface area contributed by atoms with E-state index in [1.54, 1.807) is 19.0 Å². The number of hydrogen-bond acceptors (Lipinski definition) is 10. The van der Waals surface area contributed by atoms with E-state index < -0.39 is 64.1 Å². The first-order valence-corrected chi connectivity index (χ1v) is 13.9. The number of aliphatic hydroxyl groups is 3. The molecule has 0 unspecified atom stereocenters. The molecule has 12 nitrogen and oxygen atoms in total. The van der Waals surface area contributed by atoms with Crippen molar-refractivity contribution in [2.24, 2.45) is 23.0 Å². The minimum atomic E-state index is -2.68. The number of fused-ring (bicyclic) bond motifs is 5. The van der Waals surface area contributed by atoms with Crippen molar-refractivity contribution in [3.05, 3.63) is 39.7 Å². The van der Waals surface area contributed by atoms with Gasteiger partial charge in [-0.3, -0.25) is 19.3 Å². The minimum Gasteiger partial charge on any atom is -0.508 e. The van der Waals surface area contributed by atoms with Crippen LogP contribution >= 0.6 is 0 Å². The molecular weight excluding hydrogens is 556 g/mol. The fourth-order valence-electron chi connectivity index (χ4n) is 7.08. The average molecular weight is 599 g/mol. The summed E-state index contributed by atoms with van der Waals surface area (Å²) in [6.07, 6.45) is -0.315. The van der Waals surface area contributed by atoms with Crippen molar-refractivity contribution >= 4 is 35.0 Å². The van der Waals surface area contributed by atoms with Gasteiger partial charge in [0.05, 0.1) is 18.2 Å². The summed E-state index contributed by atoms with van der Waals surface area (Å²) in [5.74, 6) is -6.27. The van der Waals surface area contributed by atoms with Crippen molar-refractivity contribution < 1.29 is 39.2 Å². The van der Waals surface area contributed by atoms with Crippen LogP contribution < -0.4 is 15.4 Å². The molecule has 1 heterocycles. The van der Waals surface area contributed by atoms with Crippen LogP contribution in [-0.4, -0.2) is 95.1 Å². The van der Waals surface area contributed by atoms with Crippen LogP contribution in [-0.2, 0) is 27.3 Å². The van der Waals surface area contributed by atoms with Crippen LogP contribution in [0.25, 0.3) is 5.76 Å². The van der Waals surface area contributed by atoms with Crippen LogP contribution in [0.2, 0.25) is 0 Å². The second kappa shape index (κ2) is 10.4. The summed E-state index contributed by atoms with van der Waals surface area (Å²) in [6, 6.07) is 0.782. The number of carbonyl (C=O) groups is 4. The topological polar surface area (TPSA) is 174 Å². The summed E-state index contributed by atoms with van der Waals surface area (Å²) in [5.41, 5.74) is 3.77. The van der Waals surface area contributed by atoms with Crippen LogP contribution in [0.1, 0.15) is 51.3 Å². The molecule has 43 heavy (non-hydrogen) atoms. The van der Waals surface area contributed by atoms with Crippen molar-refractivity contribution in [2.45, 2.75) is 59.2 Å². The Morgan fingerprint density at radius 1 is 1.16 bits per heavy atom. The van der Waals surface area contributed by atoms with Crippen molar-refractivity contribution in [1.29, 1.82) is 0 Å². The monoisotopic (exact) mass is 598 g/mol. The lowest BCUT2D eigenvalue weighted by molar-refractivity contribution is -0.153. The maximum Gasteiger partial charge on any atom is 0.415 e. The van der Waals surface area contributed by atoms with Crippen LogP contribution in [0, 0.1) is 17.3 Å². The third-order valence-electron chi connectivity index (χ3n) is 8.71. The van der Waals surface area contributed by atoms with E-state index in [1.807, 2.05) is 45.8 Å². The van der Waals surface area contributed by atoms with Crippen LogP contribution in [0.5, 0.6) is 5.75 Å². The number of ketones is 2. The summed E-state index contributed by atoms with van der Waals surface area (Å²) >= 11 is 0. The summed E-state index contributed by atoms with van der Waals surface area (Å²) in [7, 11) is 6.84. The van der Waals surface area contributed by atoms with Crippen LogP contribution in [0.15, 0.2) is 23.0 Å². The molecule has 1 saturated carbocycles. The minimum absolute atomic E-state index is 0. The molecule has 1 aromatic rings. The van der Waals surface area contributed by atoms with E-state index in [0.717, 1.165) is 5.69 Å². The molecule has 0 radical (unpaired) electrons. The van der Waals surface area contributed by atoms with Crippen molar-refractivity contribution in [3.63, 3.8) is 0 Å². The van der Waals surface area contributed by atoms with E-state index in [1.165, 1.54) is 4.90 Å². The second-order valence-corrected chi connectivity index (χ2v) is 13.4. The first kappa shape index (κ1) is 32.0. The van der Waals surface area contributed by atoms with Crippen molar-refractivity contribution in [1.82, 2.24) is 9.80 Å². The van der Waals surface area contributed by atoms with E-state index in [4.69, 9.17) is 10.5 Å². The molecule has 1 fully saturated rings. The summed E-state index contributed by atoms with van der Waals surface area (Å²) in [5, 5.41) is 34.7. The average Bonchev–Trinajstić information content (AvgIpc) is 2.85. The summed E-state index contributed by atoms with van der Waals surface area (Å²) in [6.45, 7) is 6.67. The van der Waals surface area contributed by atoms with Gasteiger partial charge in [-0.25, -0.2) is 4.79 Å². The van der Waals surface area contributed by atoms with Gasteiger partial charge in [0, 0.05) is 43.4 Å². The highest BCUT2D eigenvalue weighted by Crippen LogP contribution is 2.54. The molecule has 4 atom stereocenters. The Hall–Kier alpha value is -3.90. The van der Waals surface area contributed by atoms with Crippen LogP contribution in [0.4, 0.5) is 10.5 Å². The van der Waals surface area contributed by atoms with E-state index in [-0.39, 0.29) is 49.1 Å². The number of amides is 2. The molecule has 0 saturated heterocycles. The number of likely N-dealkylation sites (N-methyl/N-ethyl adjacent to an activating group) is 1. The Balaban J connectivity index is 0.00000423. The first-order chi connectivity index (χ1) is 19.4. The number of carbonyl (C=O) groups excluding carboxylic acids is 4. The molecule has 2 amide bonds. The number of primary amides is 1. The highest BCUT2D eigenvalue weighted by atomic mass is 16.6. The molecule has 234 valence electrons. The number of nitrogens with two attached hydrogens (primary N) is 1. The van der Waals surface area contributed by atoms with Crippen LogP contribution in [0.3, 0.4) is 0 Å². The SMILES string of the molecule is C.CN(C)c1cc2c(c3c1C[C@H]1C[C@H]4[C@H](N(C)C)C(=O)C(C(N)=O)=C(O)[C@@]4(O)C(=O)C1=C3O)OC(=O)N(CC(C)(C)C)C2. The number of rotatable bonds is 4. The molecular formula is C31H42N4O8. The number of aliphatic hydroxyl groups excluding tert-OH is 2. The third kappa shape index (κ3) is 4.67. The van der Waals surface area contributed by atoms with E-state index in [0.29, 0.717) is 17.7 Å². The Labute approximate surface area is 251 Å². The predicted molar refractivity (Wildman–Crippen MR) is 160 cm³/mol. The number of Topliss-reactive ketones (excluding diaryl/α,β-unsaturated/α-hetero) is 2. The quantitative estimate of drug-likeness (QED) is 0.377. The molecule has 1 aliphatic heterocycles. The number of anilines is 1. The first-order valence-electron chi connectivity index (χ1n) is 13.9. The molecule has 5 N–H and O–H groups in total. The Morgan fingerprint density at radius 3 is 2.33 bits per heavy atom. The Kier molecular flexibility index (Phi) is 7.73. The maximum atomic E-state index is 14.2. The predicted octanol–water partition coefficient (Wildman–Crippen LogP) is 2.32. The van der Waals surface area contributed by atoms with Gasteiger partial charge in [0.25, 0.3) is 5.91 Å². The van der Waals surface area contributed by atoms with Gasteiger partial charge >= 0.3 is 6.09 Å². The lowest BCUT2D eigenvalue weighted by atomic mass is 9.57. The Morgan fingerprint density at radius 2 is 1.79 bits per heavy atom. The highest BCUT2D eigenvalue weighted by Gasteiger charge is 2.64. The maximum absolute atomic E-state index is 14.2. The van der Waals surface area contributed by atoms with Crippen molar-refractivity contribution in [3.8, 4) is 5.75 Å². The second-order valence-electron chi connectivity index (χ2n) is 13.4. The molecule has 3 aliphatic carbocycles. The molecule has 5 rings (SSSR count). The molecule has 0 spiro atoms. The Bertz CT molecular complexity index is 1500. The lowest BCUT2D eigenvalue weighted by Gasteiger charge is -2.50. The molecule has 1 aromatic carbocycles. The molecule has 4 aliphatic rings. The number of ether oxygens (including phenoxy) is 1. The smallest absolute Gasteiger partial charge is 0.415 e. The van der Waals surface area contributed by atoms with Gasteiger partial charge in [0.15, 0.2) is 11.4 Å². The van der Waals surface area contributed by atoms with Crippen molar-refractivity contribution in [2.75, 3.05) is 39.6 Å². The van der Waals surface area contributed by atoms with Gasteiger partial charge in [-0.1, -0.05) is 28.2 Å². The number of hydrogen-bond donors (Lipinski definition) is 4. The zero-order chi connectivity index (χ0) is 31.2. The fourth-order valence-corrected chi connectivity index (χ4v) is 7.08. The van der Waals surface area contributed by atoms with E-state index in [2.05, 4.69) is 0 Å². The number of nitrogens with zero attached hydrogens (tertiary/aromatic N) is 3. The van der Waals surface area contributed by atoms with E-state index in [9.17, 15) is 34.5 Å². The largest absolute Gasteiger partial charge is 0.508 e. The normalized spacial score (nSPS) is 26.8. The summed E-state index contributed by atoms with van der Waals surface area (Å²) in [4.78, 5) is 57.7. The van der Waals surface area contributed by atoms with Gasteiger partial charge in [-0.05, 0) is 49.9 Å². The third-order valence-corrected chi connectivity index (χ3v) is 8.71. The van der Waals surface area contributed by atoms with Gasteiger partial charge in [0.1, 0.15) is 22.8 Å². The van der Waals surface area contributed by atoms with Gasteiger partial charge < -0.3 is 35.6 Å². The standard InChI is InChI=1S/C30H38N4O8.CH4/c1-29(2,3)12-34-11-14-10-17(32(4)5)15-8-13-9-16-21(33(6)7)23(36)20(27(31)39)26(38)30(16,41)25(37)18(13)22(35)19(15)24(14)42-28(34)40;/h10,13,16,21,35,38,41H,8-9,11-12H2,1-7H3,(H2,31,39);1H4/t13-,16-,21-,30-;/m0./s1. The molecule has 0 aromatic heterocycles. The zero-order valence-corrected chi connectivity index (χ0v) is 24.9. The number of benzene rings is 1. The van der Waals surface area contributed by atoms with Gasteiger partial charge in [-0.2, -0.15) is 0 Å². The van der Waals surface area contributed by atoms with Gasteiger partial charge in [-0.15, -0.1) is 0 Å². The molecule has 12 heteroatoms. The molecule has 0 bridgehead atoms.